The van der Waals surface area contributed by atoms with Crippen LogP contribution in [-0.2, 0) is 10.2 Å². The van der Waals surface area contributed by atoms with E-state index in [2.05, 4.69) is 4.83 Å². The Bertz CT molecular complexity index is 296. The van der Waals surface area contributed by atoms with Crippen LogP contribution in [0.1, 0.15) is 19.3 Å². The van der Waals surface area contributed by atoms with Crippen LogP contribution in [0.25, 0.3) is 0 Å². The molecule has 0 aromatic rings. The topological polar surface area (TPSA) is 105 Å². The number of hydrogen-bond acceptors (Lipinski definition) is 4. The van der Waals surface area contributed by atoms with Crippen LogP contribution in [0.15, 0.2) is 0 Å². The number of nitrogens with two attached hydrogens (primary N) is 1. The number of hydrogen-bond donors (Lipinski definition) is 3. The predicted octanol–water partition coefficient (Wildman–Crippen LogP) is -1.11. The quantitative estimate of drug-likeness (QED) is 0.563. The van der Waals surface area contributed by atoms with Gasteiger partial charge in [-0.05, 0) is 12.8 Å². The fourth-order valence-corrected chi connectivity index (χ4v) is 2.14. The van der Waals surface area contributed by atoms with E-state index in [0.29, 0.717) is 13.1 Å². The number of primary amides is 1. The van der Waals surface area contributed by atoms with Crippen LogP contribution in [0, 0.1) is 0 Å². The van der Waals surface area contributed by atoms with E-state index < -0.39 is 16.2 Å². The van der Waals surface area contributed by atoms with Gasteiger partial charge in [-0.25, -0.2) is 14.5 Å². The molecule has 0 radical (unpaired) electrons. The lowest BCUT2D eigenvalue weighted by Crippen LogP contribution is -2.51. The molecule has 1 aliphatic rings. The second-order valence-electron chi connectivity index (χ2n) is 3.11. The molecule has 7 nitrogen and oxygen atoms in total. The first-order chi connectivity index (χ1) is 6.49. The third kappa shape index (κ3) is 3.90. The third-order valence-corrected chi connectivity index (χ3v) is 2.81. The molecule has 1 rings (SSSR count). The largest absolute Gasteiger partial charge is 0.351 e. The molecular weight excluding hydrogens is 208 g/mol. The van der Waals surface area contributed by atoms with E-state index >= 15 is 0 Å². The maximum absolute atomic E-state index is 11.1. The number of rotatable bonds is 3. The first kappa shape index (κ1) is 11.2. The molecule has 1 heterocycles. The Labute approximate surface area is 82.8 Å². The molecule has 4 N–H and O–H groups in total. The molecule has 14 heavy (non-hydrogen) atoms. The highest BCUT2D eigenvalue weighted by Crippen LogP contribution is 2.06. The fourth-order valence-electron chi connectivity index (χ4n) is 1.31. The summed E-state index contributed by atoms with van der Waals surface area (Å²) in [6.07, 6.45) is 2.99. The molecule has 2 amide bonds. The SMILES string of the molecule is NC(=O)NS(=O)(=O)NN1CCCCC1. The van der Waals surface area contributed by atoms with E-state index in [-0.39, 0.29) is 0 Å². The van der Waals surface area contributed by atoms with Crippen molar-refractivity contribution in [2.24, 2.45) is 5.73 Å². The van der Waals surface area contributed by atoms with Crippen molar-refractivity contribution in [2.75, 3.05) is 13.1 Å². The molecule has 8 heteroatoms. The van der Waals surface area contributed by atoms with E-state index in [9.17, 15) is 13.2 Å². The monoisotopic (exact) mass is 222 g/mol. The van der Waals surface area contributed by atoms with Gasteiger partial charge in [-0.1, -0.05) is 6.42 Å². The molecule has 0 saturated carbocycles. The van der Waals surface area contributed by atoms with Crippen molar-refractivity contribution in [1.29, 1.82) is 0 Å². The van der Waals surface area contributed by atoms with Crippen molar-refractivity contribution < 1.29 is 13.2 Å². The van der Waals surface area contributed by atoms with Crippen LogP contribution < -0.4 is 15.3 Å². The van der Waals surface area contributed by atoms with E-state index in [1.807, 2.05) is 0 Å². The van der Waals surface area contributed by atoms with Gasteiger partial charge in [-0.2, -0.15) is 8.42 Å². The number of urea groups is 1. The summed E-state index contributed by atoms with van der Waals surface area (Å²) in [7, 11) is -3.83. The Morgan fingerprint density at radius 3 is 2.29 bits per heavy atom. The van der Waals surface area contributed by atoms with Gasteiger partial charge in [0.2, 0.25) is 0 Å². The minimum absolute atomic E-state index is 0.652. The summed E-state index contributed by atoms with van der Waals surface area (Å²) < 4.78 is 23.9. The number of nitrogens with zero attached hydrogens (tertiary/aromatic N) is 1. The van der Waals surface area contributed by atoms with Gasteiger partial charge in [0.25, 0.3) is 0 Å². The summed E-state index contributed by atoms with van der Waals surface area (Å²) in [5.74, 6) is 0. The van der Waals surface area contributed by atoms with Gasteiger partial charge in [0.05, 0.1) is 0 Å². The van der Waals surface area contributed by atoms with Gasteiger partial charge < -0.3 is 5.73 Å². The minimum atomic E-state index is -3.83. The molecule has 0 aromatic carbocycles. The lowest BCUT2D eigenvalue weighted by atomic mass is 10.2. The minimum Gasteiger partial charge on any atom is -0.351 e. The molecule has 0 aromatic heterocycles. The van der Waals surface area contributed by atoms with Gasteiger partial charge >= 0.3 is 16.2 Å². The summed E-state index contributed by atoms with van der Waals surface area (Å²) in [4.78, 5) is 12.6. The molecule has 0 unspecified atom stereocenters. The normalized spacial score (nSPS) is 19.1. The number of amides is 2. The Morgan fingerprint density at radius 1 is 1.21 bits per heavy atom. The smallest absolute Gasteiger partial charge is 0.326 e. The van der Waals surface area contributed by atoms with Gasteiger partial charge in [-0.15, -0.1) is 4.83 Å². The average molecular weight is 222 g/mol. The standard InChI is InChI=1S/C6H14N4O3S/c7-6(11)8-14(12,13)9-10-4-2-1-3-5-10/h9H,1-5H2,(H3,7,8,11). The van der Waals surface area contributed by atoms with Crippen LogP contribution in [0.5, 0.6) is 0 Å². The van der Waals surface area contributed by atoms with Crippen LogP contribution >= 0.6 is 0 Å². The van der Waals surface area contributed by atoms with E-state index in [4.69, 9.17) is 5.73 Å². The fraction of sp³-hybridized carbons (Fsp3) is 0.833. The van der Waals surface area contributed by atoms with Crippen LogP contribution in [0.3, 0.4) is 0 Å². The number of piperidine rings is 1. The van der Waals surface area contributed by atoms with E-state index in [1.54, 1.807) is 9.73 Å². The lowest BCUT2D eigenvalue weighted by molar-refractivity contribution is 0.198. The number of nitrogens with one attached hydrogen (secondary N) is 2. The Hall–Kier alpha value is -0.860. The summed E-state index contributed by atoms with van der Waals surface area (Å²) in [5.41, 5.74) is 4.70. The van der Waals surface area contributed by atoms with Crippen LogP contribution in [0.2, 0.25) is 0 Å². The van der Waals surface area contributed by atoms with Gasteiger partial charge in [0.1, 0.15) is 0 Å². The highest BCUT2D eigenvalue weighted by Gasteiger charge is 2.18. The van der Waals surface area contributed by atoms with Crippen LogP contribution in [-0.4, -0.2) is 32.5 Å². The Kier molecular flexibility index (Phi) is 3.67. The zero-order valence-corrected chi connectivity index (χ0v) is 8.51. The average Bonchev–Trinajstić information content (AvgIpc) is 2.02. The molecule has 0 spiro atoms. The molecule has 1 saturated heterocycles. The van der Waals surface area contributed by atoms with E-state index in [1.165, 1.54) is 0 Å². The van der Waals surface area contributed by atoms with Crippen LogP contribution in [0.4, 0.5) is 4.79 Å². The number of carbonyl (C=O) groups excluding carboxylic acids is 1. The van der Waals surface area contributed by atoms with Crippen molar-refractivity contribution in [1.82, 2.24) is 14.6 Å². The first-order valence-corrected chi connectivity index (χ1v) is 5.82. The maximum atomic E-state index is 11.1. The molecular formula is C6H14N4O3S. The molecule has 82 valence electrons. The highest BCUT2D eigenvalue weighted by molar-refractivity contribution is 7.88. The third-order valence-electron chi connectivity index (χ3n) is 1.84. The van der Waals surface area contributed by atoms with Gasteiger partial charge in [-0.3, -0.25) is 0 Å². The van der Waals surface area contributed by atoms with Gasteiger partial charge in [0.15, 0.2) is 0 Å². The van der Waals surface area contributed by atoms with Crippen molar-refractivity contribution >= 4 is 16.2 Å². The number of carbonyl (C=O) groups is 1. The second-order valence-corrected chi connectivity index (χ2v) is 4.50. The molecule has 0 bridgehead atoms. The Morgan fingerprint density at radius 2 is 1.79 bits per heavy atom. The van der Waals surface area contributed by atoms with Crippen molar-refractivity contribution in [3.8, 4) is 0 Å². The van der Waals surface area contributed by atoms with Crippen molar-refractivity contribution in [2.45, 2.75) is 19.3 Å². The van der Waals surface area contributed by atoms with E-state index in [0.717, 1.165) is 19.3 Å². The van der Waals surface area contributed by atoms with Crippen molar-refractivity contribution in [3.05, 3.63) is 0 Å². The zero-order chi connectivity index (χ0) is 10.6. The summed E-state index contributed by atoms with van der Waals surface area (Å²) in [5, 5.41) is 1.55. The molecule has 0 aliphatic carbocycles. The van der Waals surface area contributed by atoms with Gasteiger partial charge in [0, 0.05) is 13.1 Å². The molecule has 1 fully saturated rings. The summed E-state index contributed by atoms with van der Waals surface area (Å²) in [6, 6.07) is -1.09. The number of hydrazine groups is 1. The lowest BCUT2D eigenvalue weighted by Gasteiger charge is -2.26. The Balaban J connectivity index is 2.45. The molecule has 1 aliphatic heterocycles. The predicted molar refractivity (Wildman–Crippen MR) is 50.2 cm³/mol. The van der Waals surface area contributed by atoms with Crippen molar-refractivity contribution in [3.63, 3.8) is 0 Å². The second kappa shape index (κ2) is 4.58. The first-order valence-electron chi connectivity index (χ1n) is 4.34. The maximum Gasteiger partial charge on any atom is 0.326 e. The summed E-state index contributed by atoms with van der Waals surface area (Å²) in [6.45, 7) is 1.30. The molecule has 0 atom stereocenters. The zero-order valence-electron chi connectivity index (χ0n) is 7.69. The highest BCUT2D eigenvalue weighted by atomic mass is 32.2. The summed E-state index contributed by atoms with van der Waals surface area (Å²) >= 11 is 0.